The summed E-state index contributed by atoms with van der Waals surface area (Å²) in [7, 11) is 1.86. The summed E-state index contributed by atoms with van der Waals surface area (Å²) in [5.41, 5.74) is 2.76. The lowest BCUT2D eigenvalue weighted by atomic mass is 10.2. The minimum Gasteiger partial charge on any atom is -0.457 e. The highest BCUT2D eigenvalue weighted by Gasteiger charge is 2.10. The van der Waals surface area contributed by atoms with Gasteiger partial charge < -0.3 is 14.8 Å². The van der Waals surface area contributed by atoms with Crippen molar-refractivity contribution in [1.29, 1.82) is 0 Å². The third kappa shape index (κ3) is 5.54. The fraction of sp³-hybridized carbons (Fsp3) is 0.0357. The van der Waals surface area contributed by atoms with E-state index in [2.05, 4.69) is 15.4 Å². The van der Waals surface area contributed by atoms with Crippen LogP contribution in [0.1, 0.15) is 10.4 Å². The Morgan fingerprint density at radius 1 is 0.800 bits per heavy atom. The second-order valence-electron chi connectivity index (χ2n) is 7.81. The predicted octanol–water partition coefficient (Wildman–Crippen LogP) is 6.32. The molecule has 0 saturated carbocycles. The van der Waals surface area contributed by atoms with Crippen molar-refractivity contribution in [2.45, 2.75) is 0 Å². The first-order chi connectivity index (χ1) is 17.1. The van der Waals surface area contributed by atoms with Crippen LogP contribution in [0.2, 0.25) is 0 Å². The molecule has 5 rings (SSSR count). The number of carbonyl (C=O) groups excluding carboxylic acids is 1. The zero-order chi connectivity index (χ0) is 24.0. The fourth-order valence-electron chi connectivity index (χ4n) is 3.49. The molecule has 172 valence electrons. The van der Waals surface area contributed by atoms with Crippen molar-refractivity contribution in [1.82, 2.24) is 14.8 Å². The van der Waals surface area contributed by atoms with E-state index < -0.39 is 0 Å². The molecule has 0 radical (unpaired) electrons. The van der Waals surface area contributed by atoms with Crippen molar-refractivity contribution in [3.63, 3.8) is 0 Å². The zero-order valence-electron chi connectivity index (χ0n) is 19.0. The number of para-hydroxylation sites is 1. The number of aryl methyl sites for hydroxylation is 1. The molecule has 0 atom stereocenters. The minimum atomic E-state index is -0.247. The van der Waals surface area contributed by atoms with Gasteiger partial charge >= 0.3 is 0 Å². The van der Waals surface area contributed by atoms with Gasteiger partial charge in [-0.25, -0.2) is 0 Å². The number of pyridine rings is 1. The van der Waals surface area contributed by atoms with Gasteiger partial charge in [0.15, 0.2) is 0 Å². The van der Waals surface area contributed by atoms with Crippen LogP contribution in [-0.4, -0.2) is 20.7 Å². The number of hydrogen-bond donors (Lipinski definition) is 1. The van der Waals surface area contributed by atoms with Gasteiger partial charge in [0.25, 0.3) is 5.91 Å². The second-order valence-corrected chi connectivity index (χ2v) is 7.81. The third-order valence-electron chi connectivity index (χ3n) is 5.13. The summed E-state index contributed by atoms with van der Waals surface area (Å²) in [5.74, 6) is 2.27. The Bertz CT molecular complexity index is 1460. The predicted molar refractivity (Wildman–Crippen MR) is 134 cm³/mol. The molecule has 0 spiro atoms. The first kappa shape index (κ1) is 21.9. The van der Waals surface area contributed by atoms with Crippen LogP contribution >= 0.6 is 0 Å². The van der Waals surface area contributed by atoms with Gasteiger partial charge in [-0.2, -0.15) is 5.10 Å². The number of rotatable bonds is 7. The van der Waals surface area contributed by atoms with Gasteiger partial charge in [-0.1, -0.05) is 30.3 Å². The molecule has 2 heterocycles. The van der Waals surface area contributed by atoms with Gasteiger partial charge in [-0.3, -0.25) is 14.5 Å². The standard InChI is InChI=1S/C28H22N4O3/c1-32-19-21(18-30-32)27-17-26(13-14-29-27)35-25-12-6-8-22(16-25)31-28(33)20-7-5-11-24(15-20)34-23-9-3-2-4-10-23/h2-19H,1H3,(H,31,33). The summed E-state index contributed by atoms with van der Waals surface area (Å²) in [6, 6.07) is 27.3. The van der Waals surface area contributed by atoms with Crippen LogP contribution in [0, 0.1) is 0 Å². The number of amides is 1. The number of hydrogen-bond acceptors (Lipinski definition) is 5. The van der Waals surface area contributed by atoms with E-state index in [0.717, 1.165) is 11.3 Å². The van der Waals surface area contributed by atoms with Crippen LogP contribution in [0.25, 0.3) is 11.3 Å². The Morgan fingerprint density at radius 2 is 1.51 bits per heavy atom. The van der Waals surface area contributed by atoms with E-state index in [1.807, 2.05) is 73.9 Å². The molecule has 0 fully saturated rings. The van der Waals surface area contributed by atoms with E-state index in [1.54, 1.807) is 47.4 Å². The molecule has 1 amide bonds. The van der Waals surface area contributed by atoms with E-state index in [1.165, 1.54) is 0 Å². The lowest BCUT2D eigenvalue weighted by Crippen LogP contribution is -2.11. The maximum atomic E-state index is 12.9. The molecular formula is C28H22N4O3. The molecule has 7 heteroatoms. The van der Waals surface area contributed by atoms with Crippen LogP contribution in [0.4, 0.5) is 5.69 Å². The number of aromatic nitrogens is 3. The van der Waals surface area contributed by atoms with E-state index in [9.17, 15) is 4.79 Å². The topological polar surface area (TPSA) is 78.3 Å². The molecule has 0 bridgehead atoms. The summed E-state index contributed by atoms with van der Waals surface area (Å²) in [5, 5.41) is 7.10. The molecular weight excluding hydrogens is 440 g/mol. The van der Waals surface area contributed by atoms with Crippen molar-refractivity contribution in [3.8, 4) is 34.3 Å². The number of ether oxygens (including phenoxy) is 2. The Balaban J connectivity index is 1.28. The molecule has 5 aromatic rings. The molecule has 0 unspecified atom stereocenters. The molecule has 7 nitrogen and oxygen atoms in total. The molecule has 35 heavy (non-hydrogen) atoms. The highest BCUT2D eigenvalue weighted by Crippen LogP contribution is 2.28. The number of nitrogens with zero attached hydrogens (tertiary/aromatic N) is 3. The summed E-state index contributed by atoms with van der Waals surface area (Å²) >= 11 is 0. The van der Waals surface area contributed by atoms with Crippen molar-refractivity contribution in [2.75, 3.05) is 5.32 Å². The van der Waals surface area contributed by atoms with Gasteiger partial charge in [0, 0.05) is 48.4 Å². The van der Waals surface area contributed by atoms with Crippen molar-refractivity contribution in [3.05, 3.63) is 115 Å². The van der Waals surface area contributed by atoms with Gasteiger partial charge in [0.1, 0.15) is 23.0 Å². The molecule has 1 N–H and O–H groups in total. The second kappa shape index (κ2) is 9.93. The van der Waals surface area contributed by atoms with Gasteiger partial charge in [-0.05, 0) is 48.5 Å². The van der Waals surface area contributed by atoms with Gasteiger partial charge in [-0.15, -0.1) is 0 Å². The van der Waals surface area contributed by atoms with Crippen LogP contribution < -0.4 is 14.8 Å². The summed E-state index contributed by atoms with van der Waals surface area (Å²) in [6.07, 6.45) is 5.33. The van der Waals surface area contributed by atoms with E-state index in [-0.39, 0.29) is 5.91 Å². The SMILES string of the molecule is Cn1cc(-c2cc(Oc3cccc(NC(=O)c4cccc(Oc5ccccc5)c4)c3)ccn2)cn1. The first-order valence-corrected chi connectivity index (χ1v) is 11.0. The normalized spacial score (nSPS) is 10.5. The zero-order valence-corrected chi connectivity index (χ0v) is 19.0. The van der Waals surface area contributed by atoms with Crippen molar-refractivity contribution in [2.24, 2.45) is 7.05 Å². The fourth-order valence-corrected chi connectivity index (χ4v) is 3.49. The number of benzene rings is 3. The smallest absolute Gasteiger partial charge is 0.255 e. The maximum Gasteiger partial charge on any atom is 0.255 e. The summed E-state index contributed by atoms with van der Waals surface area (Å²) < 4.78 is 13.6. The largest absolute Gasteiger partial charge is 0.457 e. The maximum absolute atomic E-state index is 12.9. The Labute approximate surface area is 202 Å². The number of anilines is 1. The number of carbonyl (C=O) groups is 1. The molecule has 0 saturated heterocycles. The Kier molecular flexibility index (Phi) is 6.21. The van der Waals surface area contributed by atoms with Gasteiger partial charge in [0.05, 0.1) is 11.9 Å². The van der Waals surface area contributed by atoms with E-state index >= 15 is 0 Å². The summed E-state index contributed by atoms with van der Waals surface area (Å²) in [4.78, 5) is 17.3. The monoisotopic (exact) mass is 462 g/mol. The Hall–Kier alpha value is -4.91. The van der Waals surface area contributed by atoms with E-state index in [0.29, 0.717) is 34.2 Å². The molecule has 0 aliphatic carbocycles. The van der Waals surface area contributed by atoms with Crippen LogP contribution in [-0.2, 0) is 7.05 Å². The third-order valence-corrected chi connectivity index (χ3v) is 5.13. The lowest BCUT2D eigenvalue weighted by molar-refractivity contribution is 0.102. The van der Waals surface area contributed by atoms with Gasteiger partial charge in [0.2, 0.25) is 0 Å². The first-order valence-electron chi connectivity index (χ1n) is 11.0. The van der Waals surface area contributed by atoms with Crippen molar-refractivity contribution < 1.29 is 14.3 Å². The highest BCUT2D eigenvalue weighted by atomic mass is 16.5. The van der Waals surface area contributed by atoms with E-state index in [4.69, 9.17) is 9.47 Å². The van der Waals surface area contributed by atoms with Crippen LogP contribution in [0.15, 0.2) is 110 Å². The van der Waals surface area contributed by atoms with Crippen LogP contribution in [0.3, 0.4) is 0 Å². The minimum absolute atomic E-state index is 0.247. The average molecular weight is 463 g/mol. The quantitative estimate of drug-likeness (QED) is 0.306. The summed E-state index contributed by atoms with van der Waals surface area (Å²) in [6.45, 7) is 0. The lowest BCUT2D eigenvalue weighted by Gasteiger charge is -2.11. The molecule has 0 aliphatic heterocycles. The molecule has 0 aliphatic rings. The molecule has 3 aromatic carbocycles. The van der Waals surface area contributed by atoms with Crippen molar-refractivity contribution >= 4 is 11.6 Å². The van der Waals surface area contributed by atoms with Crippen LogP contribution in [0.5, 0.6) is 23.0 Å². The number of nitrogens with one attached hydrogen (secondary N) is 1. The highest BCUT2D eigenvalue weighted by molar-refractivity contribution is 6.04. The average Bonchev–Trinajstić information content (AvgIpc) is 3.32. The Morgan fingerprint density at radius 3 is 2.31 bits per heavy atom. The molecule has 2 aromatic heterocycles.